The van der Waals surface area contributed by atoms with Gasteiger partial charge in [0.2, 0.25) is 5.95 Å². The monoisotopic (exact) mass is 961 g/mol. The third-order valence-electron chi connectivity index (χ3n) is 16.3. The maximum Gasteiger partial charge on any atom is 0.238 e. The van der Waals surface area contributed by atoms with E-state index in [4.69, 9.17) is 15.0 Å². The molecule has 9 aromatic carbocycles. The molecule has 4 aliphatic rings. The van der Waals surface area contributed by atoms with Gasteiger partial charge in [0.05, 0.1) is 17.1 Å². The molecule has 2 unspecified atom stereocenters. The van der Waals surface area contributed by atoms with E-state index in [2.05, 4.69) is 229 Å². The molecule has 75 heavy (non-hydrogen) atoms. The molecule has 2 atom stereocenters. The quantitative estimate of drug-likeness (QED) is 0.149. The summed E-state index contributed by atoms with van der Waals surface area (Å²) < 4.78 is 2.25. The average molecular weight is 962 g/mol. The normalized spacial score (nSPS) is 16.6. The number of rotatable bonds is 7. The van der Waals surface area contributed by atoms with Crippen LogP contribution in [0, 0.1) is 6.92 Å². The van der Waals surface area contributed by atoms with Crippen LogP contribution < -0.4 is 4.90 Å². The molecule has 0 radical (unpaired) electrons. The van der Waals surface area contributed by atoms with Crippen molar-refractivity contribution >= 4 is 71.9 Å². The zero-order valence-corrected chi connectivity index (χ0v) is 41.7. The van der Waals surface area contributed by atoms with Gasteiger partial charge in [-0.1, -0.05) is 182 Å². The topological polar surface area (TPSA) is 46.8 Å². The van der Waals surface area contributed by atoms with E-state index in [1.165, 1.54) is 88.4 Å². The third-order valence-corrected chi connectivity index (χ3v) is 16.3. The summed E-state index contributed by atoms with van der Waals surface area (Å²) in [4.78, 5) is 18.3. The fourth-order valence-electron chi connectivity index (χ4n) is 12.6. The zero-order valence-electron chi connectivity index (χ0n) is 41.7. The predicted molar refractivity (Wildman–Crippen MR) is 313 cm³/mol. The van der Waals surface area contributed by atoms with Crippen LogP contribution in [0.25, 0.3) is 100 Å². The Morgan fingerprint density at radius 1 is 0.507 bits per heavy atom. The van der Waals surface area contributed by atoms with Crippen molar-refractivity contribution in [3.63, 3.8) is 0 Å². The minimum atomic E-state index is 0.0927. The van der Waals surface area contributed by atoms with Crippen molar-refractivity contribution in [3.8, 4) is 39.9 Å². The van der Waals surface area contributed by atoms with E-state index in [0.717, 1.165) is 58.8 Å². The summed E-state index contributed by atoms with van der Waals surface area (Å²) in [7, 11) is 0. The molecule has 3 heterocycles. The highest BCUT2D eigenvalue weighted by molar-refractivity contribution is 6.14. The Bertz CT molecular complexity index is 4320. The summed E-state index contributed by atoms with van der Waals surface area (Å²) >= 11 is 0. The van der Waals surface area contributed by atoms with Crippen LogP contribution in [0.3, 0.4) is 0 Å². The zero-order chi connectivity index (χ0) is 49.6. The van der Waals surface area contributed by atoms with Crippen molar-refractivity contribution in [1.29, 1.82) is 0 Å². The van der Waals surface area contributed by atoms with Crippen molar-refractivity contribution in [3.05, 3.63) is 258 Å². The van der Waals surface area contributed by atoms with E-state index in [1.807, 2.05) is 18.2 Å². The summed E-state index contributed by atoms with van der Waals surface area (Å²) in [5.74, 6) is 2.00. The first kappa shape index (κ1) is 43.4. The Hall–Kier alpha value is -9.19. The Labute approximate surface area is 436 Å². The second kappa shape index (κ2) is 17.5. The number of allylic oxidation sites excluding steroid dienone is 7. The molecule has 11 aromatic rings. The van der Waals surface area contributed by atoms with Crippen molar-refractivity contribution in [2.45, 2.75) is 44.6 Å². The first-order valence-corrected chi connectivity index (χ1v) is 26.4. The summed E-state index contributed by atoms with van der Waals surface area (Å²) in [5, 5.41) is 7.68. The molecule has 5 nitrogen and oxygen atoms in total. The second-order valence-corrected chi connectivity index (χ2v) is 20.5. The first-order chi connectivity index (χ1) is 37.1. The number of nitrogens with zero attached hydrogens (tertiary/aromatic N) is 5. The fourth-order valence-corrected chi connectivity index (χ4v) is 12.6. The Morgan fingerprint density at radius 2 is 1.21 bits per heavy atom. The lowest BCUT2D eigenvalue weighted by molar-refractivity contribution is 0.747. The molecular formula is C70H51N5. The predicted octanol–water partition coefficient (Wildman–Crippen LogP) is 17.5. The smallest absolute Gasteiger partial charge is 0.238 e. The largest absolute Gasteiger partial charge is 0.333 e. The van der Waals surface area contributed by atoms with Crippen LogP contribution in [0.4, 0.5) is 11.4 Å². The van der Waals surface area contributed by atoms with Crippen LogP contribution in [-0.4, -0.2) is 25.6 Å². The molecule has 15 rings (SSSR count). The molecule has 356 valence electrons. The van der Waals surface area contributed by atoms with E-state index < -0.39 is 0 Å². The van der Waals surface area contributed by atoms with Crippen LogP contribution in [0.1, 0.15) is 58.6 Å². The molecule has 0 fully saturated rings. The summed E-state index contributed by atoms with van der Waals surface area (Å²) in [5.41, 5.74) is 19.2. The number of fused-ring (bicyclic) bond motifs is 12. The highest BCUT2D eigenvalue weighted by Gasteiger charge is 2.39. The van der Waals surface area contributed by atoms with Crippen molar-refractivity contribution in [2.75, 3.05) is 4.90 Å². The molecule has 1 aliphatic heterocycles. The SMILES string of the molecule is Cc1ccccc1-c1nc(-c2ccccc2)nc(-n2c3ccc(C4=CC5c6cc(-c7ccccc7)ccc6N(c6ccc7c(c6)c6c(c8ccccc87)CCC=C6)C5C=C4)cc3c3cc(C4=CC=CCC4)ccc32)n1. The summed E-state index contributed by atoms with van der Waals surface area (Å²) in [6, 6.07) is 66.7. The molecule has 0 bridgehead atoms. The van der Waals surface area contributed by atoms with Crippen LogP contribution in [0.15, 0.2) is 225 Å². The van der Waals surface area contributed by atoms with Gasteiger partial charge in [-0.15, -0.1) is 0 Å². The average Bonchev–Trinajstić information content (AvgIpc) is 3.99. The van der Waals surface area contributed by atoms with Crippen molar-refractivity contribution in [1.82, 2.24) is 19.5 Å². The van der Waals surface area contributed by atoms with Gasteiger partial charge in [-0.2, -0.15) is 9.97 Å². The van der Waals surface area contributed by atoms with Crippen LogP contribution in [-0.2, 0) is 6.42 Å². The van der Waals surface area contributed by atoms with Crippen LogP contribution in [0.5, 0.6) is 0 Å². The van der Waals surface area contributed by atoms with E-state index in [-0.39, 0.29) is 12.0 Å². The lowest BCUT2D eigenvalue weighted by atomic mass is 9.85. The fraction of sp³-hybridized carbons (Fsp3) is 0.100. The number of benzene rings is 9. The van der Waals surface area contributed by atoms with Gasteiger partial charge in [-0.25, -0.2) is 4.98 Å². The third kappa shape index (κ3) is 7.17. The van der Waals surface area contributed by atoms with Crippen LogP contribution in [0.2, 0.25) is 0 Å². The highest BCUT2D eigenvalue weighted by atomic mass is 15.2. The number of hydrogen-bond donors (Lipinski definition) is 0. The molecule has 3 aliphatic carbocycles. The first-order valence-electron chi connectivity index (χ1n) is 26.4. The van der Waals surface area contributed by atoms with Gasteiger partial charge >= 0.3 is 0 Å². The van der Waals surface area contributed by atoms with Gasteiger partial charge in [-0.05, 0) is 158 Å². The maximum absolute atomic E-state index is 5.32. The minimum Gasteiger partial charge on any atom is -0.333 e. The molecule has 2 aromatic heterocycles. The van der Waals surface area contributed by atoms with Gasteiger partial charge in [0, 0.05) is 39.2 Å². The molecule has 0 saturated heterocycles. The molecule has 0 saturated carbocycles. The molecular weight excluding hydrogens is 911 g/mol. The van der Waals surface area contributed by atoms with Crippen molar-refractivity contribution in [2.24, 2.45) is 0 Å². The van der Waals surface area contributed by atoms with Gasteiger partial charge < -0.3 is 4.90 Å². The van der Waals surface area contributed by atoms with Crippen molar-refractivity contribution < 1.29 is 0 Å². The standard InChI is InChI=1S/C70H51N5/c1-44-17-11-12-24-53(44)69-71-68(47-22-9-4-10-23-47)72-70(73-69)75-66-37-30-49(46-20-7-3-8-21-46)40-62(66)63-42-51(32-38-67(63)75)50-31-36-65-61(41-50)60-39-48(45-18-5-2-6-19-45)29-35-64(60)74(65)52-33-34-58-56-27-14-13-25-54(56)55-26-15-16-28-57(55)59(58)43-52/h2-7,9-14,16-20,22-25,27-43,61,65H,8,15,21,26H2,1H3. The maximum atomic E-state index is 5.32. The Balaban J connectivity index is 0.896. The summed E-state index contributed by atoms with van der Waals surface area (Å²) in [6.07, 6.45) is 23.0. The van der Waals surface area contributed by atoms with E-state index in [0.29, 0.717) is 17.6 Å². The molecule has 0 spiro atoms. The van der Waals surface area contributed by atoms with E-state index in [1.54, 1.807) is 0 Å². The number of aryl methyl sites for hydroxylation is 2. The molecule has 5 heteroatoms. The van der Waals surface area contributed by atoms with Crippen LogP contribution >= 0.6 is 0 Å². The van der Waals surface area contributed by atoms with Gasteiger partial charge in [0.25, 0.3) is 0 Å². The number of aromatic nitrogens is 4. The lowest BCUT2D eigenvalue weighted by Gasteiger charge is -2.30. The second-order valence-electron chi connectivity index (χ2n) is 20.5. The number of anilines is 2. The minimum absolute atomic E-state index is 0.0927. The van der Waals surface area contributed by atoms with Gasteiger partial charge in [0.15, 0.2) is 11.6 Å². The van der Waals surface area contributed by atoms with Gasteiger partial charge in [0.1, 0.15) is 0 Å². The number of hydrogen-bond acceptors (Lipinski definition) is 4. The molecule has 0 N–H and O–H groups in total. The van der Waals surface area contributed by atoms with E-state index in [9.17, 15) is 0 Å². The molecule has 0 amide bonds. The van der Waals surface area contributed by atoms with Gasteiger partial charge in [-0.3, -0.25) is 4.57 Å². The Morgan fingerprint density at radius 3 is 2.03 bits per heavy atom. The lowest BCUT2D eigenvalue weighted by Crippen LogP contribution is -2.29. The Kier molecular flexibility index (Phi) is 10.1. The summed E-state index contributed by atoms with van der Waals surface area (Å²) in [6.45, 7) is 2.12. The highest BCUT2D eigenvalue weighted by Crippen LogP contribution is 2.52. The van der Waals surface area contributed by atoms with E-state index >= 15 is 0 Å².